The first kappa shape index (κ1) is 17.5. The highest BCUT2D eigenvalue weighted by Crippen LogP contribution is 2.19. The minimum absolute atomic E-state index is 0.0920. The number of rotatable bonds is 10. The maximum atomic E-state index is 10.6. The Morgan fingerprint density at radius 2 is 1.95 bits per heavy atom. The van der Waals surface area contributed by atoms with Crippen LogP contribution in [0.1, 0.15) is 25.8 Å². The average molecular weight is 294 g/mol. The Bertz CT molecular complexity index is 430. The number of primary amides is 1. The molecule has 0 bridgehead atoms. The molecule has 0 heterocycles. The molecule has 0 saturated carbocycles. The summed E-state index contributed by atoms with van der Waals surface area (Å²) in [6.07, 6.45) is 1.02. The fraction of sp³-hybridized carbons (Fsp3) is 0.562. The van der Waals surface area contributed by atoms with E-state index in [9.17, 15) is 4.79 Å². The number of ether oxygens (including phenoxy) is 2. The number of hydrogen-bond donors (Lipinski definition) is 2. The molecule has 0 spiro atoms. The molecule has 1 rings (SSSR count). The zero-order valence-electron chi connectivity index (χ0n) is 13.1. The van der Waals surface area contributed by atoms with Crippen LogP contribution in [0.5, 0.6) is 5.75 Å². The summed E-state index contributed by atoms with van der Waals surface area (Å²) < 4.78 is 10.3. The monoisotopic (exact) mass is 294 g/mol. The molecule has 1 aromatic rings. The van der Waals surface area contributed by atoms with Crippen LogP contribution in [0.2, 0.25) is 0 Å². The summed E-state index contributed by atoms with van der Waals surface area (Å²) >= 11 is 0. The van der Waals surface area contributed by atoms with Gasteiger partial charge in [-0.15, -0.1) is 0 Å². The van der Waals surface area contributed by atoms with Gasteiger partial charge in [0.15, 0.2) is 6.61 Å². The van der Waals surface area contributed by atoms with Gasteiger partial charge in [-0.3, -0.25) is 4.79 Å². The summed E-state index contributed by atoms with van der Waals surface area (Å²) in [5.41, 5.74) is 6.41. The maximum absolute atomic E-state index is 10.6. The van der Waals surface area contributed by atoms with Gasteiger partial charge in [-0.2, -0.15) is 0 Å². The van der Waals surface area contributed by atoms with Gasteiger partial charge in [0.05, 0.1) is 0 Å². The summed E-state index contributed by atoms with van der Waals surface area (Å²) in [6, 6.07) is 7.64. The van der Waals surface area contributed by atoms with E-state index < -0.39 is 5.91 Å². The van der Waals surface area contributed by atoms with Crippen molar-refractivity contribution >= 4 is 5.91 Å². The zero-order valence-corrected chi connectivity index (χ0v) is 13.1. The Kier molecular flexibility index (Phi) is 7.19. The molecule has 5 heteroatoms. The number of amides is 1. The zero-order chi connectivity index (χ0) is 15.7. The van der Waals surface area contributed by atoms with E-state index in [4.69, 9.17) is 15.2 Å². The molecule has 0 fully saturated rings. The molecule has 1 aromatic carbocycles. The van der Waals surface area contributed by atoms with E-state index in [1.807, 2.05) is 24.3 Å². The van der Waals surface area contributed by atoms with Crippen molar-refractivity contribution in [2.24, 2.45) is 11.1 Å². The number of carbonyl (C=O) groups is 1. The molecule has 0 radical (unpaired) electrons. The van der Waals surface area contributed by atoms with E-state index in [1.54, 1.807) is 7.11 Å². The summed E-state index contributed by atoms with van der Waals surface area (Å²) in [4.78, 5) is 10.6. The number of benzene rings is 1. The van der Waals surface area contributed by atoms with Crippen LogP contribution in [0.25, 0.3) is 0 Å². The Balaban J connectivity index is 2.34. The fourth-order valence-corrected chi connectivity index (χ4v) is 1.87. The predicted molar refractivity (Wildman–Crippen MR) is 83.1 cm³/mol. The van der Waals surface area contributed by atoms with Gasteiger partial charge in [-0.1, -0.05) is 26.0 Å². The first-order valence-corrected chi connectivity index (χ1v) is 7.13. The van der Waals surface area contributed by atoms with Crippen molar-refractivity contribution in [2.45, 2.75) is 26.8 Å². The van der Waals surface area contributed by atoms with E-state index in [-0.39, 0.29) is 12.0 Å². The highest BCUT2D eigenvalue weighted by molar-refractivity contribution is 5.75. The smallest absolute Gasteiger partial charge is 0.255 e. The largest absolute Gasteiger partial charge is 0.484 e. The average Bonchev–Trinajstić information content (AvgIpc) is 2.44. The molecule has 118 valence electrons. The van der Waals surface area contributed by atoms with Crippen LogP contribution in [0.4, 0.5) is 0 Å². The standard InChI is InChI=1S/C16H26N2O3/c1-16(2,8-9-20-3)12-18-10-13-4-6-14(7-5-13)21-11-15(17)19/h4-7,18H,8-12H2,1-3H3,(H2,17,19). The Morgan fingerprint density at radius 3 is 2.52 bits per heavy atom. The molecule has 21 heavy (non-hydrogen) atoms. The number of nitrogens with two attached hydrogens (primary N) is 1. The highest BCUT2D eigenvalue weighted by atomic mass is 16.5. The normalized spacial score (nSPS) is 11.4. The molecule has 5 nitrogen and oxygen atoms in total. The molecule has 0 atom stereocenters. The summed E-state index contributed by atoms with van der Waals surface area (Å²) in [5.74, 6) is 0.178. The molecule has 0 saturated heterocycles. The van der Waals surface area contributed by atoms with Crippen molar-refractivity contribution < 1.29 is 14.3 Å². The third-order valence-electron chi connectivity index (χ3n) is 3.22. The van der Waals surface area contributed by atoms with Gasteiger partial charge in [0.2, 0.25) is 0 Å². The van der Waals surface area contributed by atoms with E-state index >= 15 is 0 Å². The van der Waals surface area contributed by atoms with Crippen LogP contribution >= 0.6 is 0 Å². The van der Waals surface area contributed by atoms with E-state index in [1.165, 1.54) is 5.56 Å². The minimum Gasteiger partial charge on any atom is -0.484 e. The Morgan fingerprint density at radius 1 is 1.29 bits per heavy atom. The molecular weight excluding hydrogens is 268 g/mol. The van der Waals surface area contributed by atoms with Crippen LogP contribution in [0.15, 0.2) is 24.3 Å². The second kappa shape index (κ2) is 8.64. The van der Waals surface area contributed by atoms with E-state index in [0.717, 1.165) is 26.1 Å². The highest BCUT2D eigenvalue weighted by Gasteiger charge is 2.16. The summed E-state index contributed by atoms with van der Waals surface area (Å²) in [6.45, 7) is 6.86. The van der Waals surface area contributed by atoms with Gasteiger partial charge in [-0.05, 0) is 29.5 Å². The van der Waals surface area contributed by atoms with Gasteiger partial charge in [0.25, 0.3) is 5.91 Å². The summed E-state index contributed by atoms with van der Waals surface area (Å²) in [7, 11) is 1.73. The van der Waals surface area contributed by atoms with E-state index in [2.05, 4.69) is 19.2 Å². The lowest BCUT2D eigenvalue weighted by Crippen LogP contribution is -2.30. The quantitative estimate of drug-likeness (QED) is 0.689. The second-order valence-corrected chi connectivity index (χ2v) is 5.91. The lowest BCUT2D eigenvalue weighted by molar-refractivity contribution is -0.119. The Labute approximate surface area is 126 Å². The fourth-order valence-electron chi connectivity index (χ4n) is 1.87. The van der Waals surface area contributed by atoms with Crippen molar-refractivity contribution in [3.05, 3.63) is 29.8 Å². The molecule has 3 N–H and O–H groups in total. The van der Waals surface area contributed by atoms with Gasteiger partial charge >= 0.3 is 0 Å². The molecule has 0 aliphatic carbocycles. The van der Waals surface area contributed by atoms with Crippen LogP contribution < -0.4 is 15.8 Å². The minimum atomic E-state index is -0.473. The van der Waals surface area contributed by atoms with Crippen LogP contribution in [-0.4, -0.2) is 32.8 Å². The molecule has 1 amide bonds. The second-order valence-electron chi connectivity index (χ2n) is 5.91. The third kappa shape index (κ3) is 7.68. The molecule has 0 unspecified atom stereocenters. The van der Waals surface area contributed by atoms with Crippen molar-refractivity contribution in [3.8, 4) is 5.75 Å². The van der Waals surface area contributed by atoms with Gasteiger partial charge in [0, 0.05) is 26.8 Å². The van der Waals surface area contributed by atoms with Crippen LogP contribution in [0, 0.1) is 5.41 Å². The van der Waals surface area contributed by atoms with Gasteiger partial charge in [-0.25, -0.2) is 0 Å². The van der Waals surface area contributed by atoms with Crippen LogP contribution in [-0.2, 0) is 16.1 Å². The third-order valence-corrected chi connectivity index (χ3v) is 3.22. The molecule has 0 aliphatic heterocycles. The van der Waals surface area contributed by atoms with Crippen LogP contribution in [0.3, 0.4) is 0 Å². The Hall–Kier alpha value is -1.59. The van der Waals surface area contributed by atoms with Crippen molar-refractivity contribution in [1.29, 1.82) is 0 Å². The molecular formula is C16H26N2O3. The lowest BCUT2D eigenvalue weighted by atomic mass is 9.89. The predicted octanol–water partition coefficient (Wildman–Crippen LogP) is 1.70. The van der Waals surface area contributed by atoms with Crippen molar-refractivity contribution in [3.63, 3.8) is 0 Å². The maximum Gasteiger partial charge on any atom is 0.255 e. The van der Waals surface area contributed by atoms with Crippen molar-refractivity contribution in [1.82, 2.24) is 5.32 Å². The summed E-state index contributed by atoms with van der Waals surface area (Å²) in [5, 5.41) is 3.45. The van der Waals surface area contributed by atoms with Crippen molar-refractivity contribution in [2.75, 3.05) is 26.9 Å². The lowest BCUT2D eigenvalue weighted by Gasteiger charge is -2.24. The number of methoxy groups -OCH3 is 1. The van der Waals surface area contributed by atoms with Gasteiger partial charge in [0.1, 0.15) is 5.75 Å². The number of nitrogens with one attached hydrogen (secondary N) is 1. The first-order valence-electron chi connectivity index (χ1n) is 7.13. The number of carbonyl (C=O) groups excluding carboxylic acids is 1. The van der Waals surface area contributed by atoms with Gasteiger partial charge < -0.3 is 20.5 Å². The first-order chi connectivity index (χ1) is 9.93. The molecule has 0 aliphatic rings. The SMILES string of the molecule is COCCC(C)(C)CNCc1ccc(OCC(N)=O)cc1. The van der Waals surface area contributed by atoms with E-state index in [0.29, 0.717) is 5.75 Å². The topological polar surface area (TPSA) is 73.6 Å². The number of hydrogen-bond acceptors (Lipinski definition) is 4. The molecule has 0 aromatic heterocycles.